The number of hydrogen-bond acceptors (Lipinski definition) is 1. The van der Waals surface area contributed by atoms with Gasteiger partial charge in [-0.3, -0.25) is 0 Å². The van der Waals surface area contributed by atoms with E-state index >= 15 is 0 Å². The van der Waals surface area contributed by atoms with E-state index < -0.39 is 0 Å². The third-order valence-electron chi connectivity index (χ3n) is 3.06. The summed E-state index contributed by atoms with van der Waals surface area (Å²) in [7, 11) is 0. The molecule has 0 radical (unpaired) electrons. The number of halogens is 1. The lowest BCUT2D eigenvalue weighted by atomic mass is 9.94. The second kappa shape index (κ2) is 4.73. The number of benzene rings is 2. The molecule has 2 heteroatoms. The molecule has 0 heterocycles. The zero-order valence-corrected chi connectivity index (χ0v) is 11.4. The minimum atomic E-state index is 0.720. The first-order chi connectivity index (χ1) is 8.15. The summed E-state index contributed by atoms with van der Waals surface area (Å²) in [6, 6.07) is 14.0. The molecule has 0 aliphatic rings. The second-order valence-electron chi connectivity index (χ2n) is 4.00. The molecule has 0 aromatic heterocycles. The maximum absolute atomic E-state index is 9.14. The van der Waals surface area contributed by atoms with E-state index in [1.54, 1.807) is 0 Å². The Balaban J connectivity index is 2.70. The summed E-state index contributed by atoms with van der Waals surface area (Å²) >= 11 is 3.52. The molecule has 0 bridgehead atoms. The van der Waals surface area contributed by atoms with Crippen molar-refractivity contribution in [2.75, 3.05) is 0 Å². The number of rotatable bonds is 1. The highest BCUT2D eigenvalue weighted by molar-refractivity contribution is 9.10. The Hall–Kier alpha value is -1.59. The molecule has 84 valence electrons. The van der Waals surface area contributed by atoms with Gasteiger partial charge in [0.2, 0.25) is 0 Å². The van der Waals surface area contributed by atoms with Crippen molar-refractivity contribution in [1.29, 1.82) is 5.26 Å². The predicted octanol–water partition coefficient (Wildman–Crippen LogP) is 4.60. The molecule has 0 atom stereocenters. The van der Waals surface area contributed by atoms with Gasteiger partial charge in [-0.25, -0.2) is 0 Å². The van der Waals surface area contributed by atoms with E-state index in [0.717, 1.165) is 21.2 Å². The minimum Gasteiger partial charge on any atom is -0.192 e. The molecule has 0 fully saturated rings. The van der Waals surface area contributed by atoms with Crippen LogP contribution in [0.1, 0.15) is 16.7 Å². The summed E-state index contributed by atoms with van der Waals surface area (Å²) in [6.45, 7) is 4.17. The quantitative estimate of drug-likeness (QED) is 0.751. The smallest absolute Gasteiger partial charge is 0.0998 e. The Morgan fingerprint density at radius 3 is 2.35 bits per heavy atom. The first kappa shape index (κ1) is 11.9. The third-order valence-corrected chi connectivity index (χ3v) is 3.92. The maximum Gasteiger partial charge on any atom is 0.0998 e. The normalized spacial score (nSPS) is 10.0. The standard InChI is InChI=1S/C15H12BrN/c1-10-11(2)15(16)8-7-13(10)14-6-4-3-5-12(14)9-17/h3-8H,1-2H3. The van der Waals surface area contributed by atoms with E-state index in [0.29, 0.717) is 0 Å². The van der Waals surface area contributed by atoms with Gasteiger partial charge in [-0.2, -0.15) is 5.26 Å². The Labute approximate surface area is 110 Å². The lowest BCUT2D eigenvalue weighted by Gasteiger charge is -2.11. The highest BCUT2D eigenvalue weighted by atomic mass is 79.9. The molecule has 2 rings (SSSR count). The summed E-state index contributed by atoms with van der Waals surface area (Å²) in [5.74, 6) is 0. The average Bonchev–Trinajstić information content (AvgIpc) is 2.36. The second-order valence-corrected chi connectivity index (χ2v) is 4.86. The fourth-order valence-electron chi connectivity index (χ4n) is 1.89. The van der Waals surface area contributed by atoms with Gasteiger partial charge in [0, 0.05) is 4.47 Å². The van der Waals surface area contributed by atoms with Crippen molar-refractivity contribution < 1.29 is 0 Å². The summed E-state index contributed by atoms with van der Waals surface area (Å²) in [5, 5.41) is 9.14. The molecule has 0 spiro atoms. The fourth-order valence-corrected chi connectivity index (χ4v) is 2.32. The van der Waals surface area contributed by atoms with E-state index in [1.165, 1.54) is 11.1 Å². The summed E-state index contributed by atoms with van der Waals surface area (Å²) < 4.78 is 1.10. The molecule has 0 amide bonds. The minimum absolute atomic E-state index is 0.720. The first-order valence-electron chi connectivity index (χ1n) is 5.40. The molecular weight excluding hydrogens is 274 g/mol. The topological polar surface area (TPSA) is 23.8 Å². The molecule has 1 nitrogen and oxygen atoms in total. The van der Waals surface area contributed by atoms with Crippen molar-refractivity contribution in [1.82, 2.24) is 0 Å². The largest absolute Gasteiger partial charge is 0.192 e. The van der Waals surface area contributed by atoms with Crippen molar-refractivity contribution in [2.24, 2.45) is 0 Å². The molecule has 17 heavy (non-hydrogen) atoms. The average molecular weight is 286 g/mol. The molecular formula is C15H12BrN. The van der Waals surface area contributed by atoms with Gasteiger partial charge in [0.25, 0.3) is 0 Å². The van der Waals surface area contributed by atoms with Crippen molar-refractivity contribution in [3.8, 4) is 17.2 Å². The Morgan fingerprint density at radius 2 is 1.65 bits per heavy atom. The lowest BCUT2D eigenvalue weighted by Crippen LogP contribution is -1.91. The van der Waals surface area contributed by atoms with Crippen LogP contribution in [0.25, 0.3) is 11.1 Å². The molecule has 2 aromatic rings. The monoisotopic (exact) mass is 285 g/mol. The molecule has 0 saturated heterocycles. The highest BCUT2D eigenvalue weighted by Gasteiger charge is 2.09. The van der Waals surface area contributed by atoms with Gasteiger partial charge >= 0.3 is 0 Å². The van der Waals surface area contributed by atoms with Crippen LogP contribution in [0.3, 0.4) is 0 Å². The Bertz CT molecular complexity index is 609. The van der Waals surface area contributed by atoms with Crippen LogP contribution in [0, 0.1) is 25.2 Å². The fraction of sp³-hybridized carbons (Fsp3) is 0.133. The molecule has 0 N–H and O–H groups in total. The third kappa shape index (κ3) is 2.11. The van der Waals surface area contributed by atoms with Crippen LogP contribution in [-0.2, 0) is 0 Å². The molecule has 0 saturated carbocycles. The van der Waals surface area contributed by atoms with E-state index in [9.17, 15) is 0 Å². The molecule has 0 unspecified atom stereocenters. The van der Waals surface area contributed by atoms with Gasteiger partial charge in [-0.1, -0.05) is 40.2 Å². The van der Waals surface area contributed by atoms with Crippen LogP contribution < -0.4 is 0 Å². The highest BCUT2D eigenvalue weighted by Crippen LogP contribution is 2.31. The predicted molar refractivity (Wildman–Crippen MR) is 73.8 cm³/mol. The zero-order valence-electron chi connectivity index (χ0n) is 9.79. The van der Waals surface area contributed by atoms with E-state index in [4.69, 9.17) is 5.26 Å². The van der Waals surface area contributed by atoms with Crippen LogP contribution in [0.4, 0.5) is 0 Å². The summed E-state index contributed by atoms with van der Waals surface area (Å²) in [6.07, 6.45) is 0. The summed E-state index contributed by atoms with van der Waals surface area (Å²) in [4.78, 5) is 0. The van der Waals surface area contributed by atoms with Gasteiger partial charge in [0.15, 0.2) is 0 Å². The summed E-state index contributed by atoms with van der Waals surface area (Å²) in [5.41, 5.74) is 5.28. The SMILES string of the molecule is Cc1c(Br)ccc(-c2ccccc2C#N)c1C. The number of hydrogen-bond donors (Lipinski definition) is 0. The Kier molecular flexibility index (Phi) is 3.31. The van der Waals surface area contributed by atoms with Gasteiger partial charge in [0.1, 0.15) is 0 Å². The van der Waals surface area contributed by atoms with Crippen molar-refractivity contribution in [2.45, 2.75) is 13.8 Å². The molecule has 0 aliphatic carbocycles. The van der Waals surface area contributed by atoms with Gasteiger partial charge in [-0.15, -0.1) is 0 Å². The van der Waals surface area contributed by atoms with E-state index in [1.807, 2.05) is 30.3 Å². The zero-order chi connectivity index (χ0) is 12.4. The van der Waals surface area contributed by atoms with Crippen LogP contribution in [0.15, 0.2) is 40.9 Å². The maximum atomic E-state index is 9.14. The van der Waals surface area contributed by atoms with Crippen LogP contribution in [0.5, 0.6) is 0 Å². The van der Waals surface area contributed by atoms with Gasteiger partial charge in [-0.05, 0) is 48.2 Å². The van der Waals surface area contributed by atoms with Crippen molar-refractivity contribution in [3.05, 3.63) is 57.6 Å². The van der Waals surface area contributed by atoms with Crippen LogP contribution >= 0.6 is 15.9 Å². The number of nitriles is 1. The van der Waals surface area contributed by atoms with Crippen molar-refractivity contribution in [3.63, 3.8) is 0 Å². The number of nitrogens with zero attached hydrogens (tertiary/aromatic N) is 1. The van der Waals surface area contributed by atoms with Crippen molar-refractivity contribution >= 4 is 15.9 Å². The Morgan fingerprint density at radius 1 is 0.941 bits per heavy atom. The van der Waals surface area contributed by atoms with Crippen LogP contribution in [-0.4, -0.2) is 0 Å². The first-order valence-corrected chi connectivity index (χ1v) is 6.19. The lowest BCUT2D eigenvalue weighted by molar-refractivity contribution is 1.31. The van der Waals surface area contributed by atoms with E-state index in [-0.39, 0.29) is 0 Å². The van der Waals surface area contributed by atoms with Gasteiger partial charge < -0.3 is 0 Å². The molecule has 2 aromatic carbocycles. The van der Waals surface area contributed by atoms with Gasteiger partial charge in [0.05, 0.1) is 11.6 Å². The van der Waals surface area contributed by atoms with Crippen LogP contribution in [0.2, 0.25) is 0 Å². The van der Waals surface area contributed by atoms with E-state index in [2.05, 4.69) is 41.9 Å². The molecule has 0 aliphatic heterocycles.